The van der Waals surface area contributed by atoms with E-state index in [1.165, 1.54) is 0 Å². The summed E-state index contributed by atoms with van der Waals surface area (Å²) in [7, 11) is -3.05. The first-order valence-corrected chi connectivity index (χ1v) is 11.9. The highest BCUT2D eigenvalue weighted by molar-refractivity contribution is 7.91. The van der Waals surface area contributed by atoms with Crippen LogP contribution in [0.5, 0.6) is 0 Å². The number of hydrogen-bond donors (Lipinski definition) is 0. The van der Waals surface area contributed by atoms with Gasteiger partial charge in [-0.15, -0.1) is 0 Å². The van der Waals surface area contributed by atoms with Crippen LogP contribution >= 0.6 is 11.6 Å². The maximum Gasteiger partial charge on any atom is 0.255 e. The van der Waals surface area contributed by atoms with E-state index < -0.39 is 9.84 Å². The zero-order chi connectivity index (χ0) is 20.5. The number of benzene rings is 1. The highest BCUT2D eigenvalue weighted by Gasteiger charge is 2.35. The van der Waals surface area contributed by atoms with Gasteiger partial charge in [0, 0.05) is 34.7 Å². The number of carbonyl (C=O) groups is 1. The molecule has 1 saturated heterocycles. The van der Waals surface area contributed by atoms with Crippen molar-refractivity contribution in [2.24, 2.45) is 0 Å². The third-order valence-corrected chi connectivity index (χ3v) is 7.41. The van der Waals surface area contributed by atoms with E-state index in [9.17, 15) is 13.2 Å². The Labute approximate surface area is 172 Å². The normalized spacial score (nSPS) is 18.4. The molecule has 2 aromatic rings. The first-order chi connectivity index (χ1) is 13.2. The monoisotopic (exact) mass is 422 g/mol. The molecule has 1 unspecified atom stereocenters. The standard InChI is InChI=1S/C21H27ClN2O3S/c1-4-5-11-23(19-10-12-28(26,27)14-19)21(25)20-13-15(2)24(16(20)3)18-8-6-17(22)7-9-18/h6-9,13,19H,4-5,10-12,14H2,1-3H3. The van der Waals surface area contributed by atoms with Crippen molar-refractivity contribution in [3.05, 3.63) is 52.3 Å². The van der Waals surface area contributed by atoms with Crippen LogP contribution in [0.1, 0.15) is 47.9 Å². The highest BCUT2D eigenvalue weighted by atomic mass is 35.5. The van der Waals surface area contributed by atoms with E-state index in [1.54, 1.807) is 4.90 Å². The summed E-state index contributed by atoms with van der Waals surface area (Å²) >= 11 is 6.00. The largest absolute Gasteiger partial charge is 0.335 e. The first-order valence-electron chi connectivity index (χ1n) is 9.69. The third kappa shape index (κ3) is 4.28. The van der Waals surface area contributed by atoms with E-state index >= 15 is 0 Å². The predicted octanol–water partition coefficient (Wildman–Crippen LogP) is 4.18. The SMILES string of the molecule is CCCCN(C(=O)c1cc(C)n(-c2ccc(Cl)cc2)c1C)C1CCS(=O)(=O)C1. The first kappa shape index (κ1) is 20.9. The van der Waals surface area contributed by atoms with Crippen LogP contribution in [0, 0.1) is 13.8 Å². The molecule has 2 heterocycles. The summed E-state index contributed by atoms with van der Waals surface area (Å²) in [6.07, 6.45) is 2.33. The lowest BCUT2D eigenvalue weighted by Crippen LogP contribution is -2.42. The number of sulfone groups is 1. The number of unbranched alkanes of at least 4 members (excludes halogenated alkanes) is 1. The van der Waals surface area contributed by atoms with E-state index in [1.807, 2.05) is 48.7 Å². The molecule has 1 aliphatic heterocycles. The number of nitrogens with zero attached hydrogens (tertiary/aromatic N) is 2. The Bertz CT molecular complexity index is 964. The Hall–Kier alpha value is -1.79. The lowest BCUT2D eigenvalue weighted by Gasteiger charge is -2.28. The van der Waals surface area contributed by atoms with Crippen molar-refractivity contribution in [2.75, 3.05) is 18.1 Å². The maximum absolute atomic E-state index is 13.4. The fourth-order valence-electron chi connectivity index (χ4n) is 3.92. The summed E-state index contributed by atoms with van der Waals surface area (Å²) in [5, 5.41) is 0.663. The molecule has 5 nitrogen and oxygen atoms in total. The number of amides is 1. The Kier molecular flexibility index (Phi) is 6.20. The molecule has 0 bridgehead atoms. The number of hydrogen-bond acceptors (Lipinski definition) is 3. The van der Waals surface area contributed by atoms with E-state index in [0.29, 0.717) is 23.6 Å². The van der Waals surface area contributed by atoms with Gasteiger partial charge in [-0.3, -0.25) is 4.79 Å². The van der Waals surface area contributed by atoms with Gasteiger partial charge >= 0.3 is 0 Å². The van der Waals surface area contributed by atoms with Crippen LogP contribution in [0.4, 0.5) is 0 Å². The van der Waals surface area contributed by atoms with Gasteiger partial charge in [0.25, 0.3) is 5.91 Å². The quantitative estimate of drug-likeness (QED) is 0.701. The Balaban J connectivity index is 1.95. The molecule has 28 heavy (non-hydrogen) atoms. The van der Waals surface area contributed by atoms with Gasteiger partial charge in [-0.05, 0) is 57.0 Å². The minimum Gasteiger partial charge on any atom is -0.335 e. The number of rotatable bonds is 6. The second-order valence-corrected chi connectivity index (χ2v) is 10.2. The lowest BCUT2D eigenvalue weighted by molar-refractivity contribution is 0.0693. The van der Waals surface area contributed by atoms with Crippen LogP contribution in [-0.2, 0) is 9.84 Å². The van der Waals surface area contributed by atoms with Gasteiger partial charge in [0.05, 0.1) is 17.1 Å². The number of carbonyl (C=O) groups excluding carboxylic acids is 1. The third-order valence-electron chi connectivity index (χ3n) is 5.41. The molecule has 0 N–H and O–H groups in total. The molecule has 0 saturated carbocycles. The van der Waals surface area contributed by atoms with E-state index in [4.69, 9.17) is 11.6 Å². The zero-order valence-corrected chi connectivity index (χ0v) is 18.2. The van der Waals surface area contributed by atoms with Crippen LogP contribution in [0.15, 0.2) is 30.3 Å². The molecule has 152 valence electrons. The fourth-order valence-corrected chi connectivity index (χ4v) is 5.78. The zero-order valence-electron chi connectivity index (χ0n) is 16.6. The van der Waals surface area contributed by atoms with Gasteiger partial charge in [-0.1, -0.05) is 24.9 Å². The van der Waals surface area contributed by atoms with Gasteiger partial charge in [0.15, 0.2) is 9.84 Å². The molecule has 1 aromatic carbocycles. The van der Waals surface area contributed by atoms with Crippen LogP contribution in [0.3, 0.4) is 0 Å². The topological polar surface area (TPSA) is 59.4 Å². The molecular weight excluding hydrogens is 396 g/mol. The molecule has 1 aliphatic rings. The molecule has 0 aliphatic carbocycles. The van der Waals surface area contributed by atoms with Crippen LogP contribution in [0.2, 0.25) is 5.02 Å². The van der Waals surface area contributed by atoms with E-state index in [-0.39, 0.29) is 23.5 Å². The van der Waals surface area contributed by atoms with Gasteiger partial charge in [0.1, 0.15) is 0 Å². The Morgan fingerprint density at radius 3 is 2.50 bits per heavy atom. The average molecular weight is 423 g/mol. The number of aryl methyl sites for hydroxylation is 1. The van der Waals surface area contributed by atoms with Crippen molar-refractivity contribution < 1.29 is 13.2 Å². The minimum atomic E-state index is -3.05. The fraction of sp³-hybridized carbons (Fsp3) is 0.476. The van der Waals surface area contributed by atoms with Gasteiger partial charge in [-0.25, -0.2) is 8.42 Å². The summed E-state index contributed by atoms with van der Waals surface area (Å²) in [5.74, 6) is 0.152. The summed E-state index contributed by atoms with van der Waals surface area (Å²) in [6, 6.07) is 9.17. The van der Waals surface area contributed by atoms with Crippen molar-refractivity contribution in [1.82, 2.24) is 9.47 Å². The lowest BCUT2D eigenvalue weighted by atomic mass is 10.1. The highest BCUT2D eigenvalue weighted by Crippen LogP contribution is 2.26. The molecule has 0 spiro atoms. The molecule has 1 amide bonds. The Morgan fingerprint density at radius 1 is 1.25 bits per heavy atom. The molecule has 1 aromatic heterocycles. The second kappa shape index (κ2) is 8.29. The Morgan fingerprint density at radius 2 is 1.93 bits per heavy atom. The van der Waals surface area contributed by atoms with Crippen molar-refractivity contribution in [1.29, 1.82) is 0 Å². The van der Waals surface area contributed by atoms with E-state index in [0.717, 1.165) is 29.9 Å². The van der Waals surface area contributed by atoms with Gasteiger partial charge in [-0.2, -0.15) is 0 Å². The molecule has 0 radical (unpaired) electrons. The van der Waals surface area contributed by atoms with Crippen molar-refractivity contribution >= 4 is 27.3 Å². The molecule has 1 fully saturated rings. The van der Waals surface area contributed by atoms with Gasteiger partial charge in [0.2, 0.25) is 0 Å². The summed E-state index contributed by atoms with van der Waals surface area (Å²) in [5.41, 5.74) is 3.39. The van der Waals surface area contributed by atoms with E-state index in [2.05, 4.69) is 6.92 Å². The van der Waals surface area contributed by atoms with Gasteiger partial charge < -0.3 is 9.47 Å². The van der Waals surface area contributed by atoms with Crippen molar-refractivity contribution in [3.63, 3.8) is 0 Å². The van der Waals surface area contributed by atoms with Crippen LogP contribution in [0.25, 0.3) is 5.69 Å². The van der Waals surface area contributed by atoms with Crippen molar-refractivity contribution in [2.45, 2.75) is 46.1 Å². The summed E-state index contributed by atoms with van der Waals surface area (Å²) in [4.78, 5) is 15.2. The predicted molar refractivity (Wildman–Crippen MR) is 113 cm³/mol. The second-order valence-electron chi connectivity index (χ2n) is 7.51. The van der Waals surface area contributed by atoms with Crippen LogP contribution < -0.4 is 0 Å². The average Bonchev–Trinajstić information content (AvgIpc) is 3.15. The van der Waals surface area contributed by atoms with Crippen molar-refractivity contribution in [3.8, 4) is 5.69 Å². The number of halogens is 1. The number of aromatic nitrogens is 1. The smallest absolute Gasteiger partial charge is 0.255 e. The molecule has 7 heteroatoms. The summed E-state index contributed by atoms with van der Waals surface area (Å²) < 4.78 is 26.0. The van der Waals surface area contributed by atoms with Crippen LogP contribution in [-0.4, -0.2) is 47.9 Å². The molecule has 1 atom stereocenters. The molecular formula is C21H27ClN2O3S. The summed E-state index contributed by atoms with van der Waals surface area (Å²) in [6.45, 7) is 6.55. The molecule has 3 rings (SSSR count). The maximum atomic E-state index is 13.4. The minimum absolute atomic E-state index is 0.0678.